The molecule has 0 unspecified atom stereocenters. The summed E-state index contributed by atoms with van der Waals surface area (Å²) in [6.07, 6.45) is 1.73. The summed E-state index contributed by atoms with van der Waals surface area (Å²) in [4.78, 5) is 16.8. The van der Waals surface area contributed by atoms with Crippen LogP contribution in [-0.4, -0.2) is 16.0 Å². The van der Waals surface area contributed by atoms with Crippen LogP contribution in [-0.2, 0) is 5.41 Å². The summed E-state index contributed by atoms with van der Waals surface area (Å²) in [5.41, 5.74) is 3.36. The van der Waals surface area contributed by atoms with Gasteiger partial charge in [-0.15, -0.1) is 0 Å². The minimum atomic E-state index is -0.240. The van der Waals surface area contributed by atoms with Crippen LogP contribution in [0.2, 0.25) is 0 Å². The van der Waals surface area contributed by atoms with Gasteiger partial charge in [0, 0.05) is 17.1 Å². The van der Waals surface area contributed by atoms with Gasteiger partial charge < -0.3 is 5.32 Å². The third kappa shape index (κ3) is 4.06. The number of nitrogens with zero attached hydrogens (tertiary/aromatic N) is 1. The second-order valence-corrected chi connectivity index (χ2v) is 7.52. The van der Waals surface area contributed by atoms with Gasteiger partial charge in [-0.05, 0) is 47.5 Å². The monoisotopic (exact) mass is 363 g/mol. The zero-order valence-electron chi connectivity index (χ0n) is 15.0. The Morgan fingerprint density at radius 2 is 1.69 bits per heavy atom. The van der Waals surface area contributed by atoms with Crippen molar-refractivity contribution in [3.63, 3.8) is 0 Å². The van der Waals surface area contributed by atoms with E-state index in [1.54, 1.807) is 6.20 Å². The lowest BCUT2D eigenvalue weighted by molar-refractivity contribution is 0.0977. The standard InChI is InChI=1S/C21H21N3OS/c1-21(2,3)16-11-9-15(10-12-16)19(25)24-20(26)23-17-8-4-6-14-7-5-13-22-18(14)17/h4-13H,1-3H3,(H2,23,24,25,26). The molecular weight excluding hydrogens is 342 g/mol. The molecule has 0 saturated carbocycles. The highest BCUT2D eigenvalue weighted by atomic mass is 32.1. The Kier molecular flexibility index (Phi) is 5.00. The number of carbonyl (C=O) groups excluding carboxylic acids is 1. The Balaban J connectivity index is 1.70. The number of hydrogen-bond donors (Lipinski definition) is 2. The molecule has 0 spiro atoms. The number of hydrogen-bond acceptors (Lipinski definition) is 3. The molecule has 4 nitrogen and oxygen atoms in total. The first-order valence-electron chi connectivity index (χ1n) is 8.41. The quantitative estimate of drug-likeness (QED) is 0.650. The third-order valence-corrected chi connectivity index (χ3v) is 4.33. The van der Waals surface area contributed by atoms with E-state index in [9.17, 15) is 4.79 Å². The minimum absolute atomic E-state index is 0.0488. The van der Waals surface area contributed by atoms with Crippen molar-refractivity contribution < 1.29 is 4.79 Å². The lowest BCUT2D eigenvalue weighted by Gasteiger charge is -2.19. The topological polar surface area (TPSA) is 54.0 Å². The highest BCUT2D eigenvalue weighted by molar-refractivity contribution is 7.80. The number of amides is 1. The van der Waals surface area contributed by atoms with Crippen molar-refractivity contribution in [2.75, 3.05) is 5.32 Å². The zero-order valence-corrected chi connectivity index (χ0v) is 15.9. The van der Waals surface area contributed by atoms with Crippen molar-refractivity contribution in [1.29, 1.82) is 0 Å². The number of thiocarbonyl (C=S) groups is 1. The van der Waals surface area contributed by atoms with E-state index in [-0.39, 0.29) is 16.4 Å². The lowest BCUT2D eigenvalue weighted by atomic mass is 9.87. The maximum absolute atomic E-state index is 12.4. The second-order valence-electron chi connectivity index (χ2n) is 7.12. The SMILES string of the molecule is CC(C)(C)c1ccc(C(=O)NC(=S)Nc2cccc3cccnc23)cc1. The van der Waals surface area contributed by atoms with Crippen molar-refractivity contribution in [3.8, 4) is 0 Å². The molecule has 0 atom stereocenters. The Labute approximate surface area is 158 Å². The first-order valence-corrected chi connectivity index (χ1v) is 8.82. The summed E-state index contributed by atoms with van der Waals surface area (Å²) in [5, 5.41) is 7.03. The second kappa shape index (κ2) is 7.22. The fraction of sp³-hybridized carbons (Fsp3) is 0.190. The van der Waals surface area contributed by atoms with Gasteiger partial charge in [0.15, 0.2) is 5.11 Å². The van der Waals surface area contributed by atoms with Crippen LogP contribution in [0, 0.1) is 0 Å². The highest BCUT2D eigenvalue weighted by Gasteiger charge is 2.15. The molecule has 132 valence electrons. The van der Waals surface area contributed by atoms with Crippen LogP contribution in [0.4, 0.5) is 5.69 Å². The summed E-state index contributed by atoms with van der Waals surface area (Å²) in [6, 6.07) is 17.2. The van der Waals surface area contributed by atoms with Gasteiger partial charge in [0.25, 0.3) is 5.91 Å². The molecule has 26 heavy (non-hydrogen) atoms. The predicted molar refractivity (Wildman–Crippen MR) is 111 cm³/mol. The van der Waals surface area contributed by atoms with Gasteiger partial charge in [-0.25, -0.2) is 0 Å². The average Bonchev–Trinajstić information content (AvgIpc) is 2.61. The normalized spacial score (nSPS) is 11.2. The van der Waals surface area contributed by atoms with E-state index < -0.39 is 0 Å². The molecule has 0 radical (unpaired) electrons. The van der Waals surface area contributed by atoms with Crippen LogP contribution >= 0.6 is 12.2 Å². The molecule has 1 aromatic heterocycles. The van der Waals surface area contributed by atoms with E-state index >= 15 is 0 Å². The van der Waals surface area contributed by atoms with Gasteiger partial charge in [0.2, 0.25) is 0 Å². The molecule has 0 aliphatic heterocycles. The maximum atomic E-state index is 12.4. The summed E-state index contributed by atoms with van der Waals surface area (Å²) in [5.74, 6) is -0.240. The molecule has 2 N–H and O–H groups in total. The largest absolute Gasteiger partial charge is 0.331 e. The van der Waals surface area contributed by atoms with Crippen LogP contribution in [0.5, 0.6) is 0 Å². The molecule has 2 aromatic carbocycles. The molecule has 0 aliphatic rings. The molecule has 1 heterocycles. The van der Waals surface area contributed by atoms with E-state index in [0.717, 1.165) is 16.6 Å². The Hall–Kier alpha value is -2.79. The van der Waals surface area contributed by atoms with E-state index in [1.807, 2.05) is 54.6 Å². The molecule has 3 aromatic rings. The smallest absolute Gasteiger partial charge is 0.257 e. The number of pyridine rings is 1. The van der Waals surface area contributed by atoms with Crippen LogP contribution in [0.25, 0.3) is 10.9 Å². The number of carbonyl (C=O) groups is 1. The maximum Gasteiger partial charge on any atom is 0.257 e. The predicted octanol–water partition coefficient (Wildman–Crippen LogP) is 4.66. The summed E-state index contributed by atoms with van der Waals surface area (Å²) < 4.78 is 0. The van der Waals surface area contributed by atoms with Crippen LogP contribution in [0.1, 0.15) is 36.7 Å². The summed E-state index contributed by atoms with van der Waals surface area (Å²) >= 11 is 5.29. The van der Waals surface area contributed by atoms with Gasteiger partial charge >= 0.3 is 0 Å². The van der Waals surface area contributed by atoms with E-state index in [1.165, 1.54) is 5.56 Å². The molecule has 0 aliphatic carbocycles. The van der Waals surface area contributed by atoms with Crippen molar-refractivity contribution in [3.05, 3.63) is 71.9 Å². The zero-order chi connectivity index (χ0) is 18.7. The Bertz CT molecular complexity index is 954. The van der Waals surface area contributed by atoms with Gasteiger partial charge in [-0.2, -0.15) is 0 Å². The molecule has 0 saturated heterocycles. The molecule has 0 bridgehead atoms. The number of benzene rings is 2. The fourth-order valence-electron chi connectivity index (χ4n) is 2.66. The van der Waals surface area contributed by atoms with Crippen molar-refractivity contribution in [2.24, 2.45) is 0 Å². The first kappa shape index (κ1) is 18.0. The van der Waals surface area contributed by atoms with E-state index in [0.29, 0.717) is 5.56 Å². The third-order valence-electron chi connectivity index (χ3n) is 4.12. The fourth-order valence-corrected chi connectivity index (χ4v) is 2.86. The van der Waals surface area contributed by atoms with Crippen LogP contribution < -0.4 is 10.6 Å². The number of nitrogens with one attached hydrogen (secondary N) is 2. The lowest BCUT2D eigenvalue weighted by Crippen LogP contribution is -2.34. The molecule has 1 amide bonds. The van der Waals surface area contributed by atoms with Crippen molar-refractivity contribution in [1.82, 2.24) is 10.3 Å². The number of rotatable bonds is 2. The van der Waals surface area contributed by atoms with Gasteiger partial charge in [-0.3, -0.25) is 15.1 Å². The molecule has 5 heteroatoms. The van der Waals surface area contributed by atoms with Gasteiger partial charge in [-0.1, -0.05) is 51.1 Å². The van der Waals surface area contributed by atoms with Crippen molar-refractivity contribution in [2.45, 2.75) is 26.2 Å². The molecule has 0 fully saturated rings. The first-order chi connectivity index (χ1) is 12.3. The minimum Gasteiger partial charge on any atom is -0.331 e. The number of anilines is 1. The van der Waals surface area contributed by atoms with Crippen LogP contribution in [0.15, 0.2) is 60.8 Å². The number of aromatic nitrogens is 1. The molecule has 3 rings (SSSR count). The van der Waals surface area contributed by atoms with E-state index in [2.05, 4.69) is 36.4 Å². The number of fused-ring (bicyclic) bond motifs is 1. The van der Waals surface area contributed by atoms with Crippen molar-refractivity contribution >= 4 is 39.8 Å². The highest BCUT2D eigenvalue weighted by Crippen LogP contribution is 2.22. The Morgan fingerprint density at radius 1 is 1.00 bits per heavy atom. The Morgan fingerprint density at radius 3 is 2.38 bits per heavy atom. The summed E-state index contributed by atoms with van der Waals surface area (Å²) in [6.45, 7) is 6.41. The molecular formula is C21H21N3OS. The van der Waals surface area contributed by atoms with E-state index in [4.69, 9.17) is 12.2 Å². The summed E-state index contributed by atoms with van der Waals surface area (Å²) in [7, 11) is 0. The van der Waals surface area contributed by atoms with Gasteiger partial charge in [0.1, 0.15) is 0 Å². The van der Waals surface area contributed by atoms with Gasteiger partial charge in [0.05, 0.1) is 11.2 Å². The van der Waals surface area contributed by atoms with Crippen LogP contribution in [0.3, 0.4) is 0 Å². The average molecular weight is 363 g/mol. The number of para-hydroxylation sites is 1.